The lowest BCUT2D eigenvalue weighted by Crippen LogP contribution is -2.44. The summed E-state index contributed by atoms with van der Waals surface area (Å²) in [5, 5.41) is 4.73. The number of ether oxygens (including phenoxy) is 2. The van der Waals surface area contributed by atoms with Gasteiger partial charge >= 0.3 is 12.1 Å². The molecule has 138 valence electrons. The third-order valence-corrected chi connectivity index (χ3v) is 4.42. The quantitative estimate of drug-likeness (QED) is 0.773. The maximum absolute atomic E-state index is 12.3. The van der Waals surface area contributed by atoms with Crippen LogP contribution in [0.3, 0.4) is 0 Å². The highest BCUT2D eigenvalue weighted by Gasteiger charge is 2.36. The summed E-state index contributed by atoms with van der Waals surface area (Å²) in [5.41, 5.74) is 1.59. The summed E-state index contributed by atoms with van der Waals surface area (Å²) in [6, 6.07) is 4.69. The number of hydrogen-bond acceptors (Lipinski definition) is 7. The molecule has 0 saturated carbocycles. The second-order valence-corrected chi connectivity index (χ2v) is 6.10. The van der Waals surface area contributed by atoms with Gasteiger partial charge in [0, 0.05) is 6.54 Å². The van der Waals surface area contributed by atoms with E-state index in [2.05, 4.69) is 10.1 Å². The average molecular weight is 361 g/mol. The highest BCUT2D eigenvalue weighted by atomic mass is 16.6. The Balaban J connectivity index is 1.71. The molecule has 0 bridgehead atoms. The fraction of sp³-hybridized carbons (Fsp3) is 0.412. The van der Waals surface area contributed by atoms with Crippen molar-refractivity contribution >= 4 is 35.3 Å². The number of nitrogens with zero attached hydrogens (tertiary/aromatic N) is 1. The van der Waals surface area contributed by atoms with E-state index in [0.717, 1.165) is 32.2 Å². The monoisotopic (exact) mass is 361 g/mol. The summed E-state index contributed by atoms with van der Waals surface area (Å²) in [7, 11) is 1.12. The SMILES string of the molecule is COC(=O)NC(=O)[C@H](C)OC(=O)c1ccc2c(c1)NC(=O)[C@@H]1CCCN21. The molecule has 0 aliphatic carbocycles. The molecule has 26 heavy (non-hydrogen) atoms. The number of amides is 3. The molecule has 2 N–H and O–H groups in total. The van der Waals surface area contributed by atoms with Gasteiger partial charge in [-0.15, -0.1) is 0 Å². The first-order chi connectivity index (χ1) is 12.4. The van der Waals surface area contributed by atoms with Gasteiger partial charge in [0.05, 0.1) is 24.0 Å². The fourth-order valence-corrected chi connectivity index (χ4v) is 3.09. The van der Waals surface area contributed by atoms with Crippen molar-refractivity contribution in [3.05, 3.63) is 23.8 Å². The van der Waals surface area contributed by atoms with Crippen molar-refractivity contribution < 1.29 is 28.7 Å². The zero-order valence-electron chi connectivity index (χ0n) is 14.4. The van der Waals surface area contributed by atoms with Crippen LogP contribution in [0.25, 0.3) is 0 Å². The molecule has 9 heteroatoms. The van der Waals surface area contributed by atoms with Crippen LogP contribution in [0.5, 0.6) is 0 Å². The van der Waals surface area contributed by atoms with Crippen LogP contribution in [-0.4, -0.2) is 49.7 Å². The zero-order valence-corrected chi connectivity index (χ0v) is 14.4. The number of carbonyl (C=O) groups is 4. The average Bonchev–Trinajstić information content (AvgIpc) is 3.11. The Morgan fingerprint density at radius 3 is 2.85 bits per heavy atom. The third kappa shape index (κ3) is 3.32. The molecular weight excluding hydrogens is 342 g/mol. The molecule has 2 atom stereocenters. The molecule has 0 radical (unpaired) electrons. The second-order valence-electron chi connectivity index (χ2n) is 6.10. The molecule has 0 aromatic heterocycles. The van der Waals surface area contributed by atoms with Crippen molar-refractivity contribution in [1.29, 1.82) is 0 Å². The minimum atomic E-state index is -1.19. The highest BCUT2D eigenvalue weighted by molar-refractivity contribution is 6.05. The zero-order chi connectivity index (χ0) is 18.8. The van der Waals surface area contributed by atoms with E-state index < -0.39 is 24.1 Å². The van der Waals surface area contributed by atoms with Gasteiger partial charge in [0.2, 0.25) is 5.91 Å². The van der Waals surface area contributed by atoms with E-state index in [4.69, 9.17) is 4.74 Å². The molecule has 1 saturated heterocycles. The van der Waals surface area contributed by atoms with Crippen LogP contribution in [0.1, 0.15) is 30.1 Å². The van der Waals surface area contributed by atoms with Crippen molar-refractivity contribution in [3.63, 3.8) is 0 Å². The lowest BCUT2D eigenvalue weighted by molar-refractivity contribution is -0.128. The number of rotatable bonds is 3. The van der Waals surface area contributed by atoms with Crippen molar-refractivity contribution in [2.24, 2.45) is 0 Å². The number of fused-ring (bicyclic) bond motifs is 3. The smallest absolute Gasteiger partial charge is 0.413 e. The van der Waals surface area contributed by atoms with Crippen molar-refractivity contribution in [3.8, 4) is 0 Å². The molecule has 3 rings (SSSR count). The lowest BCUT2D eigenvalue weighted by atomic mass is 10.1. The molecule has 0 unspecified atom stereocenters. The summed E-state index contributed by atoms with van der Waals surface area (Å²) in [5.74, 6) is -1.62. The molecule has 2 aliphatic rings. The van der Waals surface area contributed by atoms with Gasteiger partial charge in [0.1, 0.15) is 6.04 Å². The Morgan fingerprint density at radius 2 is 2.12 bits per heavy atom. The third-order valence-electron chi connectivity index (χ3n) is 4.42. The van der Waals surface area contributed by atoms with Gasteiger partial charge in [-0.05, 0) is 38.0 Å². The van der Waals surface area contributed by atoms with E-state index >= 15 is 0 Å². The second kappa shape index (κ2) is 7.03. The summed E-state index contributed by atoms with van der Waals surface area (Å²) in [4.78, 5) is 49.2. The Labute approximate surface area is 149 Å². The molecule has 1 aromatic rings. The van der Waals surface area contributed by atoms with E-state index in [1.807, 2.05) is 10.2 Å². The van der Waals surface area contributed by atoms with Crippen LogP contribution in [0.2, 0.25) is 0 Å². The van der Waals surface area contributed by atoms with Crippen molar-refractivity contribution in [2.45, 2.75) is 31.9 Å². The van der Waals surface area contributed by atoms with Gasteiger partial charge in [-0.1, -0.05) is 0 Å². The summed E-state index contributed by atoms with van der Waals surface area (Å²) in [6.45, 7) is 2.13. The van der Waals surface area contributed by atoms with Crippen molar-refractivity contribution in [2.75, 3.05) is 23.9 Å². The molecule has 0 spiro atoms. The number of methoxy groups -OCH3 is 1. The highest BCUT2D eigenvalue weighted by Crippen LogP contribution is 2.37. The Morgan fingerprint density at radius 1 is 1.35 bits per heavy atom. The first kappa shape index (κ1) is 17.7. The fourth-order valence-electron chi connectivity index (χ4n) is 3.09. The van der Waals surface area contributed by atoms with Gasteiger partial charge in [-0.3, -0.25) is 14.9 Å². The van der Waals surface area contributed by atoms with Crippen LogP contribution >= 0.6 is 0 Å². The normalized spacial score (nSPS) is 18.9. The largest absolute Gasteiger partial charge is 0.453 e. The maximum Gasteiger partial charge on any atom is 0.413 e. The van der Waals surface area contributed by atoms with E-state index in [-0.39, 0.29) is 17.5 Å². The minimum absolute atomic E-state index is 0.0914. The molecule has 1 fully saturated rings. The number of imide groups is 1. The number of carbonyl (C=O) groups excluding carboxylic acids is 4. The molecule has 1 aromatic carbocycles. The topological polar surface area (TPSA) is 114 Å². The van der Waals surface area contributed by atoms with E-state index in [9.17, 15) is 19.2 Å². The number of esters is 1. The predicted octanol–water partition coefficient (Wildman–Crippen LogP) is 1.04. The number of hydrogen-bond donors (Lipinski definition) is 2. The van der Waals surface area contributed by atoms with E-state index in [0.29, 0.717) is 5.69 Å². The standard InChI is InChI=1S/C17H19N3O6/c1-9(14(21)19-17(24)25-2)26-16(23)10-5-6-12-11(8-10)18-15(22)13-4-3-7-20(12)13/h5-6,8-9,13H,3-4,7H2,1-2H3,(H,18,22)(H,19,21,24)/t9-,13-/m0/s1. The van der Waals surface area contributed by atoms with Gasteiger partial charge < -0.3 is 19.7 Å². The summed E-state index contributed by atoms with van der Waals surface area (Å²) in [6.07, 6.45) is -0.375. The summed E-state index contributed by atoms with van der Waals surface area (Å²) < 4.78 is 9.37. The van der Waals surface area contributed by atoms with E-state index in [1.165, 1.54) is 13.0 Å². The Kier molecular flexibility index (Phi) is 4.79. The van der Waals surface area contributed by atoms with Crippen LogP contribution in [-0.2, 0) is 19.1 Å². The van der Waals surface area contributed by atoms with Gasteiger partial charge in [0.15, 0.2) is 6.10 Å². The number of alkyl carbamates (subject to hydrolysis) is 1. The van der Waals surface area contributed by atoms with Crippen LogP contribution in [0, 0.1) is 0 Å². The number of nitrogens with one attached hydrogen (secondary N) is 2. The van der Waals surface area contributed by atoms with E-state index in [1.54, 1.807) is 12.1 Å². The Bertz CT molecular complexity index is 778. The first-order valence-corrected chi connectivity index (χ1v) is 8.22. The predicted molar refractivity (Wildman–Crippen MR) is 90.9 cm³/mol. The van der Waals surface area contributed by atoms with Gasteiger partial charge in [-0.2, -0.15) is 0 Å². The molecular formula is C17H19N3O6. The number of benzene rings is 1. The molecule has 2 aliphatic heterocycles. The van der Waals surface area contributed by atoms with Gasteiger partial charge in [0.25, 0.3) is 5.91 Å². The molecule has 2 heterocycles. The van der Waals surface area contributed by atoms with Crippen LogP contribution < -0.4 is 15.5 Å². The van der Waals surface area contributed by atoms with Crippen molar-refractivity contribution in [1.82, 2.24) is 5.32 Å². The maximum atomic E-state index is 12.3. The number of anilines is 2. The summed E-state index contributed by atoms with van der Waals surface area (Å²) >= 11 is 0. The first-order valence-electron chi connectivity index (χ1n) is 8.22. The molecule has 9 nitrogen and oxygen atoms in total. The molecule has 3 amide bonds. The Hall–Kier alpha value is -3.10. The van der Waals surface area contributed by atoms with Crippen LogP contribution in [0.4, 0.5) is 16.2 Å². The lowest BCUT2D eigenvalue weighted by Gasteiger charge is -2.33. The van der Waals surface area contributed by atoms with Crippen LogP contribution in [0.15, 0.2) is 18.2 Å². The van der Waals surface area contributed by atoms with Gasteiger partial charge in [-0.25, -0.2) is 9.59 Å². The minimum Gasteiger partial charge on any atom is -0.453 e.